The van der Waals surface area contributed by atoms with Crippen molar-refractivity contribution in [3.05, 3.63) is 22.3 Å². The van der Waals surface area contributed by atoms with Crippen molar-refractivity contribution in [2.75, 3.05) is 11.9 Å². The summed E-state index contributed by atoms with van der Waals surface area (Å²) in [5.41, 5.74) is 1.15. The molecule has 1 fully saturated rings. The maximum Gasteiger partial charge on any atom is 0.220 e. The van der Waals surface area contributed by atoms with E-state index < -0.39 is 0 Å². The van der Waals surface area contributed by atoms with Gasteiger partial charge in [-0.25, -0.2) is 4.98 Å². The van der Waals surface area contributed by atoms with Crippen LogP contribution in [-0.2, 0) is 4.79 Å². The quantitative estimate of drug-likeness (QED) is 0.794. The van der Waals surface area contributed by atoms with Crippen LogP contribution in [0.15, 0.2) is 16.7 Å². The lowest BCUT2D eigenvalue weighted by Gasteiger charge is -2.07. The predicted octanol–water partition coefficient (Wildman–Crippen LogP) is 2.62. The van der Waals surface area contributed by atoms with Crippen LogP contribution in [0.3, 0.4) is 0 Å². The fourth-order valence-corrected chi connectivity index (χ4v) is 1.85. The molecule has 1 saturated carbocycles. The Labute approximate surface area is 116 Å². The number of amides is 1. The van der Waals surface area contributed by atoms with Gasteiger partial charge in [-0.3, -0.25) is 4.79 Å². The van der Waals surface area contributed by atoms with Crippen LogP contribution >= 0.6 is 15.9 Å². The highest BCUT2D eigenvalue weighted by molar-refractivity contribution is 9.10. The number of carbonyl (C=O) groups is 1. The van der Waals surface area contributed by atoms with Gasteiger partial charge < -0.3 is 10.6 Å². The first-order chi connectivity index (χ1) is 8.65. The summed E-state index contributed by atoms with van der Waals surface area (Å²) in [6, 6.07) is 2.45. The van der Waals surface area contributed by atoms with Crippen molar-refractivity contribution in [2.45, 2.75) is 38.6 Å². The van der Waals surface area contributed by atoms with Gasteiger partial charge >= 0.3 is 0 Å². The number of pyridine rings is 1. The van der Waals surface area contributed by atoms with E-state index in [1.165, 1.54) is 0 Å². The maximum absolute atomic E-state index is 11.4. The summed E-state index contributed by atoms with van der Waals surface area (Å²) >= 11 is 3.42. The molecule has 0 saturated heterocycles. The van der Waals surface area contributed by atoms with Crippen LogP contribution < -0.4 is 10.6 Å². The zero-order valence-corrected chi connectivity index (χ0v) is 12.1. The molecule has 1 heterocycles. The number of nitrogens with zero attached hydrogens (tertiary/aromatic N) is 1. The predicted molar refractivity (Wildman–Crippen MR) is 75.6 cm³/mol. The first-order valence-electron chi connectivity index (χ1n) is 6.30. The molecule has 18 heavy (non-hydrogen) atoms. The van der Waals surface area contributed by atoms with Crippen LogP contribution in [0.5, 0.6) is 0 Å². The first kappa shape index (κ1) is 13.3. The largest absolute Gasteiger partial charge is 0.370 e. The van der Waals surface area contributed by atoms with E-state index in [2.05, 4.69) is 31.5 Å². The van der Waals surface area contributed by atoms with E-state index in [1.54, 1.807) is 6.20 Å². The molecule has 4 nitrogen and oxygen atoms in total. The molecule has 0 radical (unpaired) electrons. The summed E-state index contributed by atoms with van der Waals surface area (Å²) in [6.45, 7) is 2.80. The second-order valence-electron chi connectivity index (χ2n) is 4.69. The molecule has 0 atom stereocenters. The zero-order valence-electron chi connectivity index (χ0n) is 10.5. The molecule has 1 aromatic rings. The molecule has 2 rings (SSSR count). The van der Waals surface area contributed by atoms with E-state index in [0.29, 0.717) is 12.5 Å². The number of carbonyl (C=O) groups excluding carboxylic acids is 1. The number of nitrogens with one attached hydrogen (secondary N) is 2. The normalized spacial score (nSPS) is 14.3. The topological polar surface area (TPSA) is 54.0 Å². The number of hydrogen-bond donors (Lipinski definition) is 2. The van der Waals surface area contributed by atoms with Gasteiger partial charge in [0.05, 0.1) is 0 Å². The molecule has 1 amide bonds. The standard InChI is InChI=1S/C13H18BrN3O/c1-9-7-12(16-8-11(9)14)15-6-2-3-13(18)17-10-4-5-10/h7-8,10H,2-6H2,1H3,(H,15,16)(H,17,18). The SMILES string of the molecule is Cc1cc(NCCCC(=O)NC2CC2)ncc1Br. The van der Waals surface area contributed by atoms with Gasteiger partial charge in [-0.1, -0.05) is 0 Å². The molecular formula is C13H18BrN3O. The number of rotatable bonds is 6. The summed E-state index contributed by atoms with van der Waals surface area (Å²) in [5.74, 6) is 1.03. The Morgan fingerprint density at radius 2 is 2.33 bits per heavy atom. The van der Waals surface area contributed by atoms with E-state index in [-0.39, 0.29) is 5.91 Å². The first-order valence-corrected chi connectivity index (χ1v) is 7.10. The summed E-state index contributed by atoms with van der Waals surface area (Å²) in [5, 5.41) is 6.21. The van der Waals surface area contributed by atoms with Crippen LogP contribution in [0.1, 0.15) is 31.2 Å². The van der Waals surface area contributed by atoms with Crippen molar-refractivity contribution >= 4 is 27.7 Å². The molecule has 1 aliphatic rings. The number of halogens is 1. The van der Waals surface area contributed by atoms with Crippen LogP contribution in [0.2, 0.25) is 0 Å². The molecule has 0 spiro atoms. The molecule has 1 aliphatic carbocycles. The number of anilines is 1. The lowest BCUT2D eigenvalue weighted by atomic mass is 10.2. The third-order valence-corrected chi connectivity index (χ3v) is 3.71. The van der Waals surface area contributed by atoms with Gasteiger partial charge in [0, 0.05) is 29.7 Å². The highest BCUT2D eigenvalue weighted by Crippen LogP contribution is 2.19. The highest BCUT2D eigenvalue weighted by atomic mass is 79.9. The molecule has 1 aromatic heterocycles. The van der Waals surface area contributed by atoms with Gasteiger partial charge in [0.1, 0.15) is 5.82 Å². The van der Waals surface area contributed by atoms with E-state index in [4.69, 9.17) is 0 Å². The Bertz CT molecular complexity index is 432. The van der Waals surface area contributed by atoms with Crippen molar-refractivity contribution in [3.63, 3.8) is 0 Å². The smallest absolute Gasteiger partial charge is 0.220 e. The summed E-state index contributed by atoms with van der Waals surface area (Å²) in [6.07, 6.45) is 5.49. The summed E-state index contributed by atoms with van der Waals surface area (Å²) in [7, 11) is 0. The van der Waals surface area contributed by atoms with Crippen molar-refractivity contribution < 1.29 is 4.79 Å². The molecule has 0 aliphatic heterocycles. The number of aromatic nitrogens is 1. The van der Waals surface area contributed by atoms with Crippen LogP contribution in [0.4, 0.5) is 5.82 Å². The molecule has 5 heteroatoms. The van der Waals surface area contributed by atoms with E-state index in [9.17, 15) is 4.79 Å². The Morgan fingerprint density at radius 1 is 1.56 bits per heavy atom. The van der Waals surface area contributed by atoms with Crippen molar-refractivity contribution in [3.8, 4) is 0 Å². The Kier molecular flexibility index (Phi) is 4.58. The Balaban J connectivity index is 1.64. The van der Waals surface area contributed by atoms with E-state index in [0.717, 1.165) is 41.7 Å². The van der Waals surface area contributed by atoms with Gasteiger partial charge in [-0.05, 0) is 53.7 Å². The minimum atomic E-state index is 0.166. The fraction of sp³-hybridized carbons (Fsp3) is 0.538. The second-order valence-corrected chi connectivity index (χ2v) is 5.55. The lowest BCUT2D eigenvalue weighted by Crippen LogP contribution is -2.25. The molecular weight excluding hydrogens is 294 g/mol. The fourth-order valence-electron chi connectivity index (χ4n) is 1.63. The molecule has 0 bridgehead atoms. The minimum absolute atomic E-state index is 0.166. The maximum atomic E-state index is 11.4. The molecule has 0 aromatic carbocycles. The zero-order chi connectivity index (χ0) is 13.0. The minimum Gasteiger partial charge on any atom is -0.370 e. The van der Waals surface area contributed by atoms with Crippen molar-refractivity contribution in [1.82, 2.24) is 10.3 Å². The van der Waals surface area contributed by atoms with Crippen LogP contribution in [0, 0.1) is 6.92 Å². The Morgan fingerprint density at radius 3 is 3.00 bits per heavy atom. The summed E-state index contributed by atoms with van der Waals surface area (Å²) in [4.78, 5) is 15.7. The molecule has 98 valence electrons. The number of hydrogen-bond acceptors (Lipinski definition) is 3. The van der Waals surface area contributed by atoms with Gasteiger partial charge in [0.15, 0.2) is 0 Å². The van der Waals surface area contributed by atoms with E-state index >= 15 is 0 Å². The van der Waals surface area contributed by atoms with Crippen molar-refractivity contribution in [1.29, 1.82) is 0 Å². The van der Waals surface area contributed by atoms with E-state index in [1.807, 2.05) is 13.0 Å². The Hall–Kier alpha value is -1.10. The highest BCUT2D eigenvalue weighted by Gasteiger charge is 2.22. The number of aryl methyl sites for hydroxylation is 1. The van der Waals surface area contributed by atoms with Gasteiger partial charge in [-0.15, -0.1) is 0 Å². The summed E-state index contributed by atoms with van der Waals surface area (Å²) < 4.78 is 1.01. The van der Waals surface area contributed by atoms with Gasteiger partial charge in [-0.2, -0.15) is 0 Å². The molecule has 2 N–H and O–H groups in total. The average molecular weight is 312 g/mol. The third-order valence-electron chi connectivity index (χ3n) is 2.88. The van der Waals surface area contributed by atoms with Gasteiger partial charge in [0.2, 0.25) is 5.91 Å². The van der Waals surface area contributed by atoms with Crippen LogP contribution in [0.25, 0.3) is 0 Å². The van der Waals surface area contributed by atoms with Crippen LogP contribution in [-0.4, -0.2) is 23.5 Å². The molecule has 0 unspecified atom stereocenters. The lowest BCUT2D eigenvalue weighted by molar-refractivity contribution is -0.121. The second kappa shape index (κ2) is 6.18. The van der Waals surface area contributed by atoms with Crippen molar-refractivity contribution in [2.24, 2.45) is 0 Å². The third kappa shape index (κ3) is 4.29. The monoisotopic (exact) mass is 311 g/mol. The average Bonchev–Trinajstić information content (AvgIpc) is 3.13. The van der Waals surface area contributed by atoms with Gasteiger partial charge in [0.25, 0.3) is 0 Å².